The molecule has 0 aromatic carbocycles. The van der Waals surface area contributed by atoms with Crippen LogP contribution in [-0.2, 0) is 17.8 Å². The molecular weight excluding hydrogens is 266 g/mol. The number of rotatable bonds is 0. The molecule has 0 saturated heterocycles. The molecule has 0 fully saturated rings. The SMILES string of the molecule is CC1(C)Cc2nc3nc(=S)sc(N)c3cc2CO1. The molecule has 0 aliphatic carbocycles. The van der Waals surface area contributed by atoms with E-state index < -0.39 is 0 Å². The summed E-state index contributed by atoms with van der Waals surface area (Å²) in [6.45, 7) is 4.70. The van der Waals surface area contributed by atoms with Crippen molar-refractivity contribution < 1.29 is 4.74 Å². The lowest BCUT2D eigenvalue weighted by Crippen LogP contribution is -2.32. The van der Waals surface area contributed by atoms with Crippen molar-refractivity contribution in [2.45, 2.75) is 32.5 Å². The molecule has 0 amide bonds. The van der Waals surface area contributed by atoms with Gasteiger partial charge in [-0.25, -0.2) is 9.97 Å². The fourth-order valence-corrected chi connectivity index (χ4v) is 3.05. The second-order valence-corrected chi connectivity index (χ2v) is 6.71. The predicted molar refractivity (Wildman–Crippen MR) is 75.2 cm³/mol. The van der Waals surface area contributed by atoms with Gasteiger partial charge in [-0.3, -0.25) is 0 Å². The molecule has 18 heavy (non-hydrogen) atoms. The Morgan fingerprint density at radius 3 is 3.00 bits per heavy atom. The summed E-state index contributed by atoms with van der Waals surface area (Å²) in [6.07, 6.45) is 0.783. The van der Waals surface area contributed by atoms with Crippen LogP contribution in [0.3, 0.4) is 0 Å². The molecule has 3 heterocycles. The van der Waals surface area contributed by atoms with Gasteiger partial charge in [0.05, 0.1) is 28.3 Å². The first-order valence-corrected chi connectivity index (χ1v) is 6.90. The largest absolute Gasteiger partial charge is 0.390 e. The van der Waals surface area contributed by atoms with Crippen LogP contribution < -0.4 is 5.73 Å². The Balaban J connectivity index is 2.25. The summed E-state index contributed by atoms with van der Waals surface area (Å²) in [4.78, 5) is 8.90. The topological polar surface area (TPSA) is 61.0 Å². The van der Waals surface area contributed by atoms with Crippen LogP contribution in [0.5, 0.6) is 0 Å². The molecule has 1 aliphatic rings. The number of fused-ring (bicyclic) bond motifs is 2. The van der Waals surface area contributed by atoms with Crippen LogP contribution in [-0.4, -0.2) is 15.6 Å². The Kier molecular flexibility index (Phi) is 2.62. The minimum atomic E-state index is -0.173. The van der Waals surface area contributed by atoms with Gasteiger partial charge >= 0.3 is 0 Å². The number of nitrogens with two attached hydrogens (primary N) is 1. The van der Waals surface area contributed by atoms with Gasteiger partial charge in [0.2, 0.25) is 0 Å². The quantitative estimate of drug-likeness (QED) is 0.751. The van der Waals surface area contributed by atoms with Gasteiger partial charge in [-0.05, 0) is 32.1 Å². The number of ether oxygens (including phenoxy) is 1. The number of aromatic nitrogens is 2. The lowest BCUT2D eigenvalue weighted by atomic mass is 9.95. The number of anilines is 1. The van der Waals surface area contributed by atoms with Gasteiger partial charge in [-0.2, -0.15) is 0 Å². The van der Waals surface area contributed by atoms with Crippen LogP contribution in [0, 0.1) is 3.95 Å². The van der Waals surface area contributed by atoms with Crippen LogP contribution in [0.15, 0.2) is 6.07 Å². The van der Waals surface area contributed by atoms with E-state index in [0.717, 1.165) is 23.1 Å². The number of nitrogen functional groups attached to an aromatic ring is 1. The molecule has 0 spiro atoms. The first-order chi connectivity index (χ1) is 8.44. The number of nitrogens with zero attached hydrogens (tertiary/aromatic N) is 2. The number of hydrogen-bond donors (Lipinski definition) is 1. The summed E-state index contributed by atoms with van der Waals surface area (Å²) in [5.74, 6) is 0. The molecular formula is C12H13N3OS2. The van der Waals surface area contributed by atoms with Crippen molar-refractivity contribution in [2.24, 2.45) is 0 Å². The van der Waals surface area contributed by atoms with Crippen LogP contribution in [0.25, 0.3) is 11.0 Å². The van der Waals surface area contributed by atoms with E-state index in [-0.39, 0.29) is 5.60 Å². The van der Waals surface area contributed by atoms with Crippen molar-refractivity contribution in [3.8, 4) is 0 Å². The molecule has 2 aromatic heterocycles. The zero-order valence-corrected chi connectivity index (χ0v) is 11.8. The van der Waals surface area contributed by atoms with Crippen LogP contribution >= 0.6 is 23.6 Å². The summed E-state index contributed by atoms with van der Waals surface area (Å²) >= 11 is 6.40. The normalized spacial score (nSPS) is 17.7. The molecule has 0 radical (unpaired) electrons. The van der Waals surface area contributed by atoms with Crippen LogP contribution in [0.2, 0.25) is 0 Å². The van der Waals surface area contributed by atoms with Crippen molar-refractivity contribution >= 4 is 39.6 Å². The Morgan fingerprint density at radius 1 is 1.44 bits per heavy atom. The molecule has 2 N–H and O–H groups in total. The van der Waals surface area contributed by atoms with E-state index >= 15 is 0 Å². The summed E-state index contributed by atoms with van der Waals surface area (Å²) in [6, 6.07) is 2.03. The molecule has 1 aliphatic heterocycles. The molecule has 6 heteroatoms. The van der Waals surface area contributed by atoms with E-state index in [1.54, 1.807) is 0 Å². The zero-order valence-electron chi connectivity index (χ0n) is 10.2. The Morgan fingerprint density at radius 2 is 2.22 bits per heavy atom. The van der Waals surface area contributed by atoms with Crippen molar-refractivity contribution in [1.82, 2.24) is 9.97 Å². The standard InChI is InChI=1S/C12H13N3OS2/c1-12(2)4-8-6(5-16-12)3-7-9(13)18-11(17)15-10(7)14-8/h3H,4-5,13H2,1-2H3. The van der Waals surface area contributed by atoms with E-state index in [9.17, 15) is 0 Å². The van der Waals surface area contributed by atoms with E-state index in [1.807, 2.05) is 6.07 Å². The lowest BCUT2D eigenvalue weighted by Gasteiger charge is -2.31. The number of hydrogen-bond acceptors (Lipinski definition) is 6. The van der Waals surface area contributed by atoms with Crippen molar-refractivity contribution in [3.05, 3.63) is 21.3 Å². The maximum atomic E-state index is 5.97. The highest BCUT2D eigenvalue weighted by molar-refractivity contribution is 7.73. The van der Waals surface area contributed by atoms with Crippen molar-refractivity contribution in [3.63, 3.8) is 0 Å². The molecule has 4 nitrogen and oxygen atoms in total. The molecule has 0 atom stereocenters. The molecule has 94 valence electrons. The molecule has 3 rings (SSSR count). The van der Waals surface area contributed by atoms with E-state index in [4.69, 9.17) is 22.7 Å². The van der Waals surface area contributed by atoms with E-state index in [0.29, 0.717) is 21.2 Å². The highest BCUT2D eigenvalue weighted by Gasteiger charge is 2.27. The molecule has 0 bridgehead atoms. The monoisotopic (exact) mass is 279 g/mol. The summed E-state index contributed by atoms with van der Waals surface area (Å²) in [5, 5.41) is 1.54. The average Bonchev–Trinajstić information content (AvgIpc) is 2.25. The molecule has 0 unspecified atom stereocenters. The fourth-order valence-electron chi connectivity index (χ4n) is 2.11. The summed E-state index contributed by atoms with van der Waals surface area (Å²) in [5.41, 5.74) is 8.58. The Hall–Kier alpha value is -1.11. The van der Waals surface area contributed by atoms with Gasteiger partial charge in [0, 0.05) is 12.0 Å². The second kappa shape index (κ2) is 3.94. The predicted octanol–water partition coefficient (Wildman–Crippen LogP) is 2.85. The number of pyridine rings is 1. The summed E-state index contributed by atoms with van der Waals surface area (Å²) in [7, 11) is 0. The summed E-state index contributed by atoms with van der Waals surface area (Å²) < 4.78 is 6.31. The second-order valence-electron chi connectivity index (χ2n) is 5.03. The van der Waals surface area contributed by atoms with Gasteiger partial charge in [0.1, 0.15) is 0 Å². The van der Waals surface area contributed by atoms with E-state index in [2.05, 4.69) is 23.8 Å². The van der Waals surface area contributed by atoms with E-state index in [1.165, 1.54) is 11.3 Å². The maximum absolute atomic E-state index is 5.97. The third-order valence-electron chi connectivity index (χ3n) is 3.04. The van der Waals surface area contributed by atoms with Crippen LogP contribution in [0.4, 0.5) is 5.00 Å². The van der Waals surface area contributed by atoms with Gasteiger partial charge in [0.15, 0.2) is 9.60 Å². The highest BCUT2D eigenvalue weighted by Crippen LogP contribution is 2.31. The minimum absolute atomic E-state index is 0.173. The van der Waals surface area contributed by atoms with Gasteiger partial charge in [-0.15, -0.1) is 0 Å². The smallest absolute Gasteiger partial charge is 0.184 e. The third kappa shape index (κ3) is 2.00. The Labute approximate surface area is 114 Å². The zero-order chi connectivity index (χ0) is 12.9. The Bertz CT molecular complexity index is 694. The van der Waals surface area contributed by atoms with Crippen molar-refractivity contribution in [2.75, 3.05) is 5.73 Å². The third-order valence-corrected chi connectivity index (χ3v) is 4.09. The van der Waals surface area contributed by atoms with Gasteiger partial charge in [0.25, 0.3) is 0 Å². The highest BCUT2D eigenvalue weighted by atomic mass is 32.1. The maximum Gasteiger partial charge on any atom is 0.184 e. The first kappa shape index (κ1) is 12.0. The lowest BCUT2D eigenvalue weighted by molar-refractivity contribution is -0.0411. The first-order valence-electron chi connectivity index (χ1n) is 5.68. The molecule has 2 aromatic rings. The van der Waals surface area contributed by atoms with Crippen molar-refractivity contribution in [1.29, 1.82) is 0 Å². The van der Waals surface area contributed by atoms with Gasteiger partial charge in [-0.1, -0.05) is 11.3 Å². The van der Waals surface area contributed by atoms with Crippen LogP contribution in [0.1, 0.15) is 25.1 Å². The average molecular weight is 279 g/mol. The minimum Gasteiger partial charge on any atom is -0.390 e. The van der Waals surface area contributed by atoms with Gasteiger partial charge < -0.3 is 10.5 Å². The molecule has 0 saturated carbocycles. The fraction of sp³-hybridized carbons (Fsp3) is 0.417.